The zero-order valence-corrected chi connectivity index (χ0v) is 13.2. The van der Waals surface area contributed by atoms with E-state index >= 15 is 0 Å². The van der Waals surface area contributed by atoms with Gasteiger partial charge in [0.15, 0.2) is 0 Å². The molecule has 0 fully saturated rings. The van der Waals surface area contributed by atoms with E-state index in [4.69, 9.17) is 10.2 Å². The first-order chi connectivity index (χ1) is 11.0. The molecule has 0 aliphatic rings. The maximum Gasteiger partial charge on any atom is 0.341 e. The average Bonchev–Trinajstić information content (AvgIpc) is 2.93. The minimum absolute atomic E-state index is 0.166. The van der Waals surface area contributed by atoms with Crippen LogP contribution in [0, 0.1) is 6.92 Å². The van der Waals surface area contributed by atoms with Gasteiger partial charge in [0, 0.05) is 0 Å². The van der Waals surface area contributed by atoms with Crippen LogP contribution in [-0.4, -0.2) is 25.0 Å². The Morgan fingerprint density at radius 3 is 2.65 bits per heavy atom. The van der Waals surface area contributed by atoms with E-state index in [0.29, 0.717) is 23.5 Å². The Morgan fingerprint density at radius 2 is 2.00 bits per heavy atom. The van der Waals surface area contributed by atoms with Crippen LogP contribution in [0.25, 0.3) is 0 Å². The van der Waals surface area contributed by atoms with Gasteiger partial charge in [0.2, 0.25) is 5.91 Å². The molecule has 1 atom stereocenters. The van der Waals surface area contributed by atoms with Gasteiger partial charge in [0.25, 0.3) is 0 Å². The summed E-state index contributed by atoms with van der Waals surface area (Å²) in [4.78, 5) is 23.5. The number of furan rings is 1. The second-order valence-electron chi connectivity index (χ2n) is 5.19. The van der Waals surface area contributed by atoms with Gasteiger partial charge in [0.1, 0.15) is 17.1 Å². The number of rotatable bonds is 6. The van der Waals surface area contributed by atoms with Crippen molar-refractivity contribution in [2.75, 3.05) is 7.11 Å². The Balaban J connectivity index is 1.90. The van der Waals surface area contributed by atoms with E-state index in [1.54, 1.807) is 13.0 Å². The Labute approximate surface area is 134 Å². The molecule has 23 heavy (non-hydrogen) atoms. The van der Waals surface area contributed by atoms with Crippen molar-refractivity contribution in [3.8, 4) is 0 Å². The normalized spacial score (nSPS) is 11.8. The van der Waals surface area contributed by atoms with E-state index in [9.17, 15) is 9.59 Å². The van der Waals surface area contributed by atoms with Gasteiger partial charge in [0.05, 0.1) is 19.7 Å². The van der Waals surface area contributed by atoms with E-state index in [1.807, 2.05) is 30.3 Å². The summed E-state index contributed by atoms with van der Waals surface area (Å²) in [5, 5.41) is 2.71. The molecule has 6 nitrogen and oxygen atoms in total. The summed E-state index contributed by atoms with van der Waals surface area (Å²) < 4.78 is 10.1. The van der Waals surface area contributed by atoms with Crippen molar-refractivity contribution in [2.45, 2.75) is 25.9 Å². The molecule has 1 aromatic carbocycles. The average molecular weight is 316 g/mol. The van der Waals surface area contributed by atoms with Crippen LogP contribution in [0.3, 0.4) is 0 Å². The predicted molar refractivity (Wildman–Crippen MR) is 84.8 cm³/mol. The molecule has 0 bridgehead atoms. The van der Waals surface area contributed by atoms with Crippen molar-refractivity contribution in [3.05, 3.63) is 59.0 Å². The van der Waals surface area contributed by atoms with Gasteiger partial charge in [-0.1, -0.05) is 30.3 Å². The SMILES string of the molecule is COC(=O)c1cc(CNC(=O)[C@@H](N)Cc2ccccc2)oc1C. The monoisotopic (exact) mass is 316 g/mol. The summed E-state index contributed by atoms with van der Waals surface area (Å²) in [7, 11) is 1.30. The molecule has 2 rings (SSSR count). The lowest BCUT2D eigenvalue weighted by Gasteiger charge is -2.11. The first-order valence-corrected chi connectivity index (χ1v) is 7.26. The molecular weight excluding hydrogens is 296 g/mol. The van der Waals surface area contributed by atoms with Crippen molar-refractivity contribution < 1.29 is 18.7 Å². The number of hydrogen-bond acceptors (Lipinski definition) is 5. The molecule has 0 unspecified atom stereocenters. The third kappa shape index (κ3) is 4.43. The van der Waals surface area contributed by atoms with Crippen molar-refractivity contribution in [1.82, 2.24) is 5.32 Å². The van der Waals surface area contributed by atoms with Crippen molar-refractivity contribution in [1.29, 1.82) is 0 Å². The van der Waals surface area contributed by atoms with Gasteiger partial charge < -0.3 is 20.2 Å². The maximum atomic E-state index is 12.0. The van der Waals surface area contributed by atoms with Crippen LogP contribution in [-0.2, 0) is 22.5 Å². The quantitative estimate of drug-likeness (QED) is 0.789. The summed E-state index contributed by atoms with van der Waals surface area (Å²) >= 11 is 0. The summed E-state index contributed by atoms with van der Waals surface area (Å²) in [6.07, 6.45) is 0.456. The highest BCUT2D eigenvalue weighted by Gasteiger charge is 2.17. The summed E-state index contributed by atoms with van der Waals surface area (Å²) in [5.41, 5.74) is 7.25. The van der Waals surface area contributed by atoms with Gasteiger partial charge in [-0.2, -0.15) is 0 Å². The van der Waals surface area contributed by atoms with Crippen LogP contribution < -0.4 is 11.1 Å². The maximum absolute atomic E-state index is 12.0. The van der Waals surface area contributed by atoms with Crippen LogP contribution in [0.5, 0.6) is 0 Å². The van der Waals surface area contributed by atoms with Crippen molar-refractivity contribution >= 4 is 11.9 Å². The number of nitrogens with two attached hydrogens (primary N) is 1. The summed E-state index contributed by atoms with van der Waals surface area (Å²) in [5.74, 6) is 0.185. The number of benzene rings is 1. The lowest BCUT2D eigenvalue weighted by Crippen LogP contribution is -2.41. The molecule has 0 saturated carbocycles. The highest BCUT2D eigenvalue weighted by Crippen LogP contribution is 2.15. The molecule has 3 N–H and O–H groups in total. The third-order valence-corrected chi connectivity index (χ3v) is 3.45. The first kappa shape index (κ1) is 16.8. The molecule has 1 amide bonds. The molecule has 0 saturated heterocycles. The van der Waals surface area contributed by atoms with Gasteiger partial charge in [-0.15, -0.1) is 0 Å². The van der Waals surface area contributed by atoms with E-state index < -0.39 is 12.0 Å². The molecule has 122 valence electrons. The second kappa shape index (κ2) is 7.60. The molecular formula is C17H20N2O4. The van der Waals surface area contributed by atoms with Gasteiger partial charge >= 0.3 is 5.97 Å². The van der Waals surface area contributed by atoms with Crippen LogP contribution >= 0.6 is 0 Å². The number of esters is 1. The zero-order valence-electron chi connectivity index (χ0n) is 13.2. The van der Waals surface area contributed by atoms with Gasteiger partial charge in [-0.3, -0.25) is 4.79 Å². The molecule has 1 heterocycles. The molecule has 0 aliphatic heterocycles. The lowest BCUT2D eigenvalue weighted by molar-refractivity contribution is -0.122. The molecule has 1 aromatic heterocycles. The van der Waals surface area contributed by atoms with E-state index in [1.165, 1.54) is 7.11 Å². The Kier molecular flexibility index (Phi) is 5.54. The van der Waals surface area contributed by atoms with E-state index in [0.717, 1.165) is 5.56 Å². The summed E-state index contributed by atoms with van der Waals surface area (Å²) in [6, 6.07) is 10.5. The van der Waals surface area contributed by atoms with E-state index in [2.05, 4.69) is 10.1 Å². The Bertz CT molecular complexity index is 679. The van der Waals surface area contributed by atoms with Crippen LogP contribution in [0.1, 0.15) is 27.4 Å². The Morgan fingerprint density at radius 1 is 1.30 bits per heavy atom. The highest BCUT2D eigenvalue weighted by molar-refractivity contribution is 5.90. The van der Waals surface area contributed by atoms with Crippen LogP contribution in [0.2, 0.25) is 0 Å². The van der Waals surface area contributed by atoms with Gasteiger partial charge in [-0.25, -0.2) is 4.79 Å². The zero-order chi connectivity index (χ0) is 16.8. The van der Waals surface area contributed by atoms with Crippen molar-refractivity contribution in [2.24, 2.45) is 5.73 Å². The molecule has 0 aliphatic carbocycles. The number of carbonyl (C=O) groups excluding carboxylic acids is 2. The number of methoxy groups -OCH3 is 1. The largest absolute Gasteiger partial charge is 0.465 e. The minimum atomic E-state index is -0.645. The molecule has 6 heteroatoms. The van der Waals surface area contributed by atoms with E-state index in [-0.39, 0.29) is 12.5 Å². The third-order valence-electron chi connectivity index (χ3n) is 3.45. The minimum Gasteiger partial charge on any atom is -0.465 e. The fraction of sp³-hybridized carbons (Fsp3) is 0.294. The number of amides is 1. The van der Waals surface area contributed by atoms with Gasteiger partial charge in [-0.05, 0) is 25.0 Å². The standard InChI is InChI=1S/C17H20N2O4/c1-11-14(17(21)22-2)9-13(23-11)10-19-16(20)15(18)8-12-6-4-3-5-7-12/h3-7,9,15H,8,10,18H2,1-2H3,(H,19,20)/t15-/m0/s1. The number of carbonyl (C=O) groups is 2. The van der Waals surface area contributed by atoms with Crippen LogP contribution in [0.4, 0.5) is 0 Å². The number of nitrogens with one attached hydrogen (secondary N) is 1. The number of ether oxygens (including phenoxy) is 1. The molecule has 0 radical (unpaired) electrons. The van der Waals surface area contributed by atoms with Crippen LogP contribution in [0.15, 0.2) is 40.8 Å². The smallest absolute Gasteiger partial charge is 0.341 e. The number of aryl methyl sites for hydroxylation is 1. The fourth-order valence-corrected chi connectivity index (χ4v) is 2.21. The molecule has 0 spiro atoms. The first-order valence-electron chi connectivity index (χ1n) is 7.26. The molecule has 2 aromatic rings. The highest BCUT2D eigenvalue weighted by atomic mass is 16.5. The number of hydrogen-bond donors (Lipinski definition) is 2. The topological polar surface area (TPSA) is 94.6 Å². The predicted octanol–water partition coefficient (Wildman–Crippen LogP) is 1.56. The Hall–Kier alpha value is -2.60. The lowest BCUT2D eigenvalue weighted by atomic mass is 10.1. The summed E-state index contributed by atoms with van der Waals surface area (Å²) in [6.45, 7) is 1.83. The van der Waals surface area contributed by atoms with Crippen molar-refractivity contribution in [3.63, 3.8) is 0 Å². The fourth-order valence-electron chi connectivity index (χ4n) is 2.21. The second-order valence-corrected chi connectivity index (χ2v) is 5.19.